The Morgan fingerprint density at radius 3 is 2.41 bits per heavy atom. The fraction of sp³-hybridized carbons (Fsp3) is 0.0769. The van der Waals surface area contributed by atoms with Gasteiger partial charge in [0.1, 0.15) is 10.3 Å². The molecular formula is C26H17FN4O2S. The lowest BCUT2D eigenvalue weighted by atomic mass is 10.1. The first-order valence-corrected chi connectivity index (χ1v) is 11.5. The number of thiazole rings is 1. The lowest BCUT2D eigenvalue weighted by molar-refractivity contribution is -0.113. The summed E-state index contributed by atoms with van der Waals surface area (Å²) >= 11 is 1.14. The van der Waals surface area contributed by atoms with Gasteiger partial charge in [-0.3, -0.25) is 9.59 Å². The molecule has 8 heteroatoms. The van der Waals surface area contributed by atoms with Crippen LogP contribution in [0.2, 0.25) is 0 Å². The molecule has 5 aromatic rings. The molecular weight excluding hydrogens is 451 g/mol. The Hall–Kier alpha value is -4.17. The predicted octanol–water partition coefficient (Wildman–Crippen LogP) is 3.73. The minimum atomic E-state index is -0.392. The number of aromatic nitrogens is 3. The molecule has 0 spiro atoms. The largest absolute Gasteiger partial charge is 0.303 e. The lowest BCUT2D eigenvalue weighted by Crippen LogP contribution is -2.32. The van der Waals surface area contributed by atoms with Crippen molar-refractivity contribution in [2.45, 2.75) is 13.5 Å². The molecule has 1 aliphatic rings. The summed E-state index contributed by atoms with van der Waals surface area (Å²) in [5.74, 6) is -0.247. The monoisotopic (exact) mass is 468 g/mol. The topological polar surface area (TPSA) is 67.6 Å². The highest BCUT2D eigenvalue weighted by Crippen LogP contribution is 2.36. The molecule has 0 atom stereocenters. The number of carbonyl (C=O) groups is 1. The molecule has 0 saturated carbocycles. The Kier molecular flexibility index (Phi) is 4.63. The highest BCUT2D eigenvalue weighted by molar-refractivity contribution is 7.15. The molecule has 6 nitrogen and oxygen atoms in total. The Balaban J connectivity index is 1.48. The molecule has 2 aromatic heterocycles. The summed E-state index contributed by atoms with van der Waals surface area (Å²) < 4.78 is 14.8. The van der Waals surface area contributed by atoms with E-state index in [0.29, 0.717) is 33.0 Å². The Bertz CT molecular complexity index is 1690. The molecule has 0 aliphatic carbocycles. The molecule has 0 fully saturated rings. The van der Waals surface area contributed by atoms with E-state index in [2.05, 4.69) is 10.1 Å². The van der Waals surface area contributed by atoms with Gasteiger partial charge in [-0.2, -0.15) is 9.50 Å². The van der Waals surface area contributed by atoms with Gasteiger partial charge in [0, 0.05) is 11.1 Å². The van der Waals surface area contributed by atoms with Gasteiger partial charge < -0.3 is 4.90 Å². The number of para-hydroxylation sites is 1. The molecule has 0 saturated heterocycles. The highest BCUT2D eigenvalue weighted by Gasteiger charge is 2.34. The van der Waals surface area contributed by atoms with Gasteiger partial charge in [-0.1, -0.05) is 59.4 Å². The number of aryl methyl sites for hydroxylation is 1. The molecule has 1 amide bonds. The van der Waals surface area contributed by atoms with Crippen LogP contribution in [0.5, 0.6) is 0 Å². The Morgan fingerprint density at radius 2 is 1.68 bits per heavy atom. The van der Waals surface area contributed by atoms with Crippen LogP contribution in [0.4, 0.5) is 10.1 Å². The highest BCUT2D eigenvalue weighted by atomic mass is 32.1. The molecule has 3 heterocycles. The van der Waals surface area contributed by atoms with E-state index in [9.17, 15) is 14.0 Å². The zero-order valence-corrected chi connectivity index (χ0v) is 18.8. The Labute approximate surface area is 197 Å². The summed E-state index contributed by atoms with van der Waals surface area (Å²) in [6.07, 6.45) is 0. The number of carbonyl (C=O) groups excluding carboxylic acids is 1. The quantitative estimate of drug-likeness (QED) is 0.405. The number of amides is 1. The molecule has 0 N–H and O–H groups in total. The van der Waals surface area contributed by atoms with Gasteiger partial charge in [-0.15, -0.1) is 5.10 Å². The van der Waals surface area contributed by atoms with Gasteiger partial charge in [-0.05, 0) is 42.8 Å². The van der Waals surface area contributed by atoms with Crippen molar-refractivity contribution in [2.24, 2.45) is 0 Å². The van der Waals surface area contributed by atoms with Crippen molar-refractivity contribution in [3.8, 4) is 11.4 Å². The average Bonchev–Trinajstić information content (AvgIpc) is 3.47. The van der Waals surface area contributed by atoms with E-state index in [0.717, 1.165) is 33.7 Å². The summed E-state index contributed by atoms with van der Waals surface area (Å²) in [6, 6.07) is 21.3. The van der Waals surface area contributed by atoms with Crippen LogP contribution in [0.3, 0.4) is 0 Å². The maximum absolute atomic E-state index is 13.6. The second-order valence-corrected chi connectivity index (χ2v) is 9.12. The third-order valence-electron chi connectivity index (χ3n) is 5.87. The maximum Gasteiger partial charge on any atom is 0.291 e. The zero-order chi connectivity index (χ0) is 23.4. The van der Waals surface area contributed by atoms with Crippen LogP contribution in [0, 0.1) is 12.7 Å². The Morgan fingerprint density at radius 1 is 0.941 bits per heavy atom. The third-order valence-corrected chi connectivity index (χ3v) is 6.90. The van der Waals surface area contributed by atoms with E-state index in [1.54, 1.807) is 17.0 Å². The first kappa shape index (κ1) is 20.4. The number of benzene rings is 3. The van der Waals surface area contributed by atoms with E-state index in [1.807, 2.05) is 55.5 Å². The minimum Gasteiger partial charge on any atom is -0.303 e. The molecule has 34 heavy (non-hydrogen) atoms. The van der Waals surface area contributed by atoms with Crippen molar-refractivity contribution in [1.82, 2.24) is 14.6 Å². The fourth-order valence-corrected chi connectivity index (χ4v) is 5.14. The van der Waals surface area contributed by atoms with E-state index < -0.39 is 5.56 Å². The van der Waals surface area contributed by atoms with Gasteiger partial charge in [0.2, 0.25) is 4.96 Å². The summed E-state index contributed by atoms with van der Waals surface area (Å²) in [7, 11) is 0. The van der Waals surface area contributed by atoms with Crippen LogP contribution in [0.25, 0.3) is 21.9 Å². The van der Waals surface area contributed by atoms with Gasteiger partial charge in [0.05, 0.1) is 17.8 Å². The van der Waals surface area contributed by atoms with Crippen LogP contribution < -0.4 is 15.0 Å². The van der Waals surface area contributed by atoms with Crippen LogP contribution in [-0.4, -0.2) is 20.5 Å². The standard InChI is InChI=1S/C26H17FN4O2S/c1-15-6-8-16(9-7-15)14-30-20-5-3-2-4-19(20)21(24(30)32)22-25(33)31-26(34-22)28-23(29-31)17-10-12-18(27)13-11-17/h2-13H,14H2,1H3. The molecule has 3 aromatic carbocycles. The number of rotatable bonds is 3. The molecule has 0 radical (unpaired) electrons. The smallest absolute Gasteiger partial charge is 0.291 e. The fourth-order valence-electron chi connectivity index (χ4n) is 4.14. The normalized spacial score (nSPS) is 14.8. The summed E-state index contributed by atoms with van der Waals surface area (Å²) in [5.41, 5.74) is 4.23. The van der Waals surface area contributed by atoms with E-state index in [-0.39, 0.29) is 11.7 Å². The van der Waals surface area contributed by atoms with Crippen molar-refractivity contribution < 1.29 is 9.18 Å². The van der Waals surface area contributed by atoms with E-state index in [1.165, 1.54) is 16.6 Å². The van der Waals surface area contributed by atoms with Crippen molar-refractivity contribution in [3.63, 3.8) is 0 Å². The van der Waals surface area contributed by atoms with Gasteiger partial charge in [-0.25, -0.2) is 4.39 Å². The first-order chi connectivity index (χ1) is 16.5. The van der Waals surface area contributed by atoms with Crippen molar-refractivity contribution in [1.29, 1.82) is 0 Å². The van der Waals surface area contributed by atoms with Gasteiger partial charge >= 0.3 is 0 Å². The SMILES string of the molecule is Cc1ccc(CN2C(=O)C(=c3sc4nc(-c5ccc(F)cc5)nn4c3=O)c3ccccc32)cc1. The lowest BCUT2D eigenvalue weighted by Gasteiger charge is -2.17. The minimum absolute atomic E-state index is 0.220. The molecule has 0 unspecified atom stereocenters. The summed E-state index contributed by atoms with van der Waals surface area (Å²) in [5, 5.41) is 4.32. The average molecular weight is 469 g/mol. The van der Waals surface area contributed by atoms with Crippen molar-refractivity contribution >= 4 is 33.5 Å². The number of nitrogens with zero attached hydrogens (tertiary/aromatic N) is 4. The van der Waals surface area contributed by atoms with Crippen molar-refractivity contribution in [2.75, 3.05) is 4.90 Å². The predicted molar refractivity (Wildman–Crippen MR) is 129 cm³/mol. The van der Waals surface area contributed by atoms with E-state index in [4.69, 9.17) is 0 Å². The van der Waals surface area contributed by atoms with Crippen LogP contribution in [0.15, 0.2) is 77.6 Å². The first-order valence-electron chi connectivity index (χ1n) is 10.7. The van der Waals surface area contributed by atoms with Gasteiger partial charge in [0.15, 0.2) is 5.82 Å². The number of anilines is 1. The summed E-state index contributed by atoms with van der Waals surface area (Å²) in [6.45, 7) is 2.42. The maximum atomic E-state index is 13.6. The number of hydrogen-bond donors (Lipinski definition) is 0. The second-order valence-electron chi connectivity index (χ2n) is 8.14. The molecule has 6 rings (SSSR count). The van der Waals surface area contributed by atoms with Crippen LogP contribution in [-0.2, 0) is 11.3 Å². The van der Waals surface area contributed by atoms with E-state index >= 15 is 0 Å². The zero-order valence-electron chi connectivity index (χ0n) is 18.0. The number of halogens is 1. The molecule has 1 aliphatic heterocycles. The van der Waals surface area contributed by atoms with Crippen molar-refractivity contribution in [3.05, 3.63) is 110 Å². The third kappa shape index (κ3) is 3.22. The van der Waals surface area contributed by atoms with Gasteiger partial charge in [0.25, 0.3) is 11.5 Å². The second kappa shape index (κ2) is 7.71. The molecule has 0 bridgehead atoms. The molecule has 166 valence electrons. The van der Waals surface area contributed by atoms with Crippen LogP contribution in [0.1, 0.15) is 16.7 Å². The summed E-state index contributed by atoms with van der Waals surface area (Å²) in [4.78, 5) is 33.4. The van der Waals surface area contributed by atoms with Crippen LogP contribution >= 0.6 is 11.3 Å². The number of hydrogen-bond acceptors (Lipinski definition) is 5. The number of fused-ring (bicyclic) bond motifs is 2.